The van der Waals surface area contributed by atoms with E-state index >= 15 is 0 Å². The quantitative estimate of drug-likeness (QED) is 0.856. The van der Waals surface area contributed by atoms with Gasteiger partial charge in [0.05, 0.1) is 6.04 Å². The van der Waals surface area contributed by atoms with Gasteiger partial charge < -0.3 is 10.1 Å². The second kappa shape index (κ2) is 3.79. The molecular formula is C9H7BrClNO2. The van der Waals surface area contributed by atoms with E-state index in [-0.39, 0.29) is 6.04 Å². The topological polar surface area (TPSA) is 38.3 Å². The van der Waals surface area contributed by atoms with E-state index in [2.05, 4.69) is 21.2 Å². The number of benzene rings is 1. The number of halogens is 2. The molecule has 1 aliphatic heterocycles. The van der Waals surface area contributed by atoms with Crippen molar-refractivity contribution in [1.82, 2.24) is 5.32 Å². The maximum atomic E-state index is 10.8. The Bertz CT molecular complexity index is 383. The highest BCUT2D eigenvalue weighted by atomic mass is 79.9. The van der Waals surface area contributed by atoms with Gasteiger partial charge in [-0.2, -0.15) is 0 Å². The third-order valence-electron chi connectivity index (χ3n) is 2.01. The van der Waals surface area contributed by atoms with E-state index < -0.39 is 6.09 Å². The minimum Gasteiger partial charge on any atom is -0.447 e. The van der Waals surface area contributed by atoms with E-state index in [1.54, 1.807) is 6.07 Å². The summed E-state index contributed by atoms with van der Waals surface area (Å²) in [6, 6.07) is 5.36. The fourth-order valence-electron chi connectivity index (χ4n) is 1.33. The van der Waals surface area contributed by atoms with Gasteiger partial charge >= 0.3 is 6.09 Å². The minimum absolute atomic E-state index is 0.146. The number of amides is 1. The highest BCUT2D eigenvalue weighted by Gasteiger charge is 2.25. The van der Waals surface area contributed by atoms with E-state index in [1.807, 2.05) is 12.1 Å². The molecular weight excluding hydrogens is 269 g/mol. The molecule has 1 atom stereocenters. The molecule has 1 saturated heterocycles. The molecule has 0 aromatic heterocycles. The Hall–Kier alpha value is -0.740. The summed E-state index contributed by atoms with van der Waals surface area (Å²) >= 11 is 9.34. The van der Waals surface area contributed by atoms with Gasteiger partial charge in [-0.25, -0.2) is 4.79 Å². The molecule has 1 heterocycles. The van der Waals surface area contributed by atoms with E-state index in [0.717, 1.165) is 10.0 Å². The zero-order chi connectivity index (χ0) is 10.1. The maximum Gasteiger partial charge on any atom is 0.407 e. The maximum absolute atomic E-state index is 10.8. The molecule has 0 spiro atoms. The molecule has 5 heteroatoms. The van der Waals surface area contributed by atoms with Gasteiger partial charge in [0.15, 0.2) is 0 Å². The Morgan fingerprint density at radius 3 is 3.00 bits per heavy atom. The van der Waals surface area contributed by atoms with Gasteiger partial charge in [0.2, 0.25) is 0 Å². The molecule has 1 aromatic rings. The number of carbonyl (C=O) groups excluding carboxylic acids is 1. The fraction of sp³-hybridized carbons (Fsp3) is 0.222. The van der Waals surface area contributed by atoms with Crippen LogP contribution in [0.2, 0.25) is 5.02 Å². The second-order valence-corrected chi connectivity index (χ2v) is 4.28. The van der Waals surface area contributed by atoms with Crippen molar-refractivity contribution in [2.24, 2.45) is 0 Å². The van der Waals surface area contributed by atoms with Crippen LogP contribution >= 0.6 is 27.5 Å². The van der Waals surface area contributed by atoms with Gasteiger partial charge in [0.1, 0.15) is 6.61 Å². The Morgan fingerprint density at radius 2 is 2.36 bits per heavy atom. The van der Waals surface area contributed by atoms with Crippen molar-refractivity contribution in [2.75, 3.05) is 6.61 Å². The van der Waals surface area contributed by atoms with Crippen LogP contribution in [-0.2, 0) is 4.74 Å². The summed E-state index contributed by atoms with van der Waals surface area (Å²) in [5.41, 5.74) is 0.867. The van der Waals surface area contributed by atoms with Gasteiger partial charge in [-0.15, -0.1) is 0 Å². The van der Waals surface area contributed by atoms with E-state index in [4.69, 9.17) is 16.3 Å². The van der Waals surface area contributed by atoms with Gasteiger partial charge in [-0.1, -0.05) is 27.5 Å². The molecule has 1 fully saturated rings. The Balaban J connectivity index is 2.31. The lowest BCUT2D eigenvalue weighted by Crippen LogP contribution is -2.18. The van der Waals surface area contributed by atoms with Crippen LogP contribution < -0.4 is 5.32 Å². The number of cyclic esters (lactones) is 1. The summed E-state index contributed by atoms with van der Waals surface area (Å²) in [6.07, 6.45) is -0.397. The zero-order valence-electron chi connectivity index (χ0n) is 7.09. The normalized spacial score (nSPS) is 20.4. The first-order valence-electron chi connectivity index (χ1n) is 4.05. The summed E-state index contributed by atoms with van der Waals surface area (Å²) in [5, 5.41) is 3.30. The van der Waals surface area contributed by atoms with Crippen LogP contribution in [0.1, 0.15) is 11.6 Å². The molecule has 14 heavy (non-hydrogen) atoms. The number of alkyl carbamates (subject to hydrolysis) is 1. The molecule has 0 radical (unpaired) electrons. The van der Waals surface area contributed by atoms with Crippen LogP contribution in [0.5, 0.6) is 0 Å². The van der Waals surface area contributed by atoms with Gasteiger partial charge in [-0.3, -0.25) is 0 Å². The third kappa shape index (κ3) is 1.86. The number of ether oxygens (including phenoxy) is 1. The predicted octanol–water partition coefficient (Wildman–Crippen LogP) is 2.88. The highest BCUT2D eigenvalue weighted by Crippen LogP contribution is 2.28. The monoisotopic (exact) mass is 275 g/mol. The Labute approximate surface area is 94.5 Å². The number of hydrogen-bond donors (Lipinski definition) is 1. The van der Waals surface area contributed by atoms with Crippen molar-refractivity contribution in [3.05, 3.63) is 33.3 Å². The summed E-state index contributed by atoms with van der Waals surface area (Å²) in [7, 11) is 0. The van der Waals surface area contributed by atoms with Crippen LogP contribution in [0.4, 0.5) is 4.79 Å². The molecule has 1 aliphatic rings. The molecule has 74 valence electrons. The van der Waals surface area contributed by atoms with Crippen molar-refractivity contribution in [2.45, 2.75) is 6.04 Å². The van der Waals surface area contributed by atoms with Crippen LogP contribution in [-0.4, -0.2) is 12.7 Å². The Kier molecular flexibility index (Phi) is 2.65. The smallest absolute Gasteiger partial charge is 0.407 e. The molecule has 0 bridgehead atoms. The number of nitrogens with one attached hydrogen (secondary N) is 1. The first-order valence-corrected chi connectivity index (χ1v) is 5.22. The minimum atomic E-state index is -0.397. The molecule has 2 rings (SSSR count). The summed E-state index contributed by atoms with van der Waals surface area (Å²) in [6.45, 7) is 0.328. The fourth-order valence-corrected chi connectivity index (χ4v) is 1.96. The molecule has 1 aromatic carbocycles. The van der Waals surface area contributed by atoms with Crippen molar-refractivity contribution in [3.63, 3.8) is 0 Å². The molecule has 0 saturated carbocycles. The second-order valence-electron chi connectivity index (χ2n) is 2.96. The van der Waals surface area contributed by atoms with Crippen LogP contribution in [0, 0.1) is 0 Å². The Morgan fingerprint density at radius 1 is 1.57 bits per heavy atom. The lowest BCUT2D eigenvalue weighted by Gasteiger charge is -2.09. The average molecular weight is 277 g/mol. The SMILES string of the molecule is O=C1N[C@H](c2cc(Br)ccc2Cl)CO1. The van der Waals surface area contributed by atoms with E-state index in [1.165, 1.54) is 0 Å². The number of hydrogen-bond acceptors (Lipinski definition) is 2. The lowest BCUT2D eigenvalue weighted by atomic mass is 10.1. The van der Waals surface area contributed by atoms with Gasteiger partial charge in [0, 0.05) is 9.50 Å². The molecule has 0 aliphatic carbocycles. The molecule has 0 unspecified atom stereocenters. The molecule has 3 nitrogen and oxygen atoms in total. The summed E-state index contributed by atoms with van der Waals surface area (Å²) < 4.78 is 5.72. The zero-order valence-corrected chi connectivity index (χ0v) is 9.43. The van der Waals surface area contributed by atoms with Crippen molar-refractivity contribution >= 4 is 33.6 Å². The van der Waals surface area contributed by atoms with Crippen molar-refractivity contribution in [3.8, 4) is 0 Å². The predicted molar refractivity (Wildman–Crippen MR) is 56.4 cm³/mol. The largest absolute Gasteiger partial charge is 0.447 e. The van der Waals surface area contributed by atoms with Crippen LogP contribution in [0.15, 0.2) is 22.7 Å². The first kappa shape index (κ1) is 9.80. The standard InChI is InChI=1S/C9H7BrClNO2/c10-5-1-2-7(11)6(3-5)8-4-14-9(13)12-8/h1-3,8H,4H2,(H,12,13)/t8-/m0/s1. The number of rotatable bonds is 1. The van der Waals surface area contributed by atoms with Gasteiger partial charge in [0.25, 0.3) is 0 Å². The van der Waals surface area contributed by atoms with Crippen LogP contribution in [0.3, 0.4) is 0 Å². The first-order chi connectivity index (χ1) is 6.66. The van der Waals surface area contributed by atoms with E-state index in [0.29, 0.717) is 11.6 Å². The van der Waals surface area contributed by atoms with Crippen molar-refractivity contribution < 1.29 is 9.53 Å². The van der Waals surface area contributed by atoms with Crippen LogP contribution in [0.25, 0.3) is 0 Å². The third-order valence-corrected chi connectivity index (χ3v) is 2.84. The van der Waals surface area contributed by atoms with Crippen molar-refractivity contribution in [1.29, 1.82) is 0 Å². The van der Waals surface area contributed by atoms with E-state index in [9.17, 15) is 4.79 Å². The van der Waals surface area contributed by atoms with Gasteiger partial charge in [-0.05, 0) is 23.8 Å². The molecule has 1 amide bonds. The number of carbonyl (C=O) groups is 1. The summed E-state index contributed by atoms with van der Waals surface area (Å²) in [4.78, 5) is 10.8. The lowest BCUT2D eigenvalue weighted by molar-refractivity contribution is 0.177. The average Bonchev–Trinajstić information content (AvgIpc) is 2.56. The molecule has 1 N–H and O–H groups in total. The highest BCUT2D eigenvalue weighted by molar-refractivity contribution is 9.10. The summed E-state index contributed by atoms with van der Waals surface area (Å²) in [5.74, 6) is 0.